The van der Waals surface area contributed by atoms with Crippen LogP contribution in [-0.4, -0.2) is 21.6 Å². The first-order valence-corrected chi connectivity index (χ1v) is 6.22. The van der Waals surface area contributed by atoms with Crippen molar-refractivity contribution in [2.75, 3.05) is 0 Å². The number of benzene rings is 1. The molecule has 1 aromatic carbocycles. The van der Waals surface area contributed by atoms with Crippen LogP contribution in [0.15, 0.2) is 36.5 Å². The Labute approximate surface area is 110 Å². The van der Waals surface area contributed by atoms with E-state index in [0.717, 1.165) is 23.2 Å². The fraction of sp³-hybridized carbons (Fsp3) is 0.286. The molecule has 2 aromatic rings. The van der Waals surface area contributed by atoms with Gasteiger partial charge in [-0.25, -0.2) is 0 Å². The smallest absolute Gasteiger partial charge is 0.297 e. The van der Waals surface area contributed by atoms with Gasteiger partial charge in [-0.15, -0.1) is 0 Å². The second-order valence-corrected chi connectivity index (χ2v) is 4.68. The zero-order chi connectivity index (χ0) is 13.4. The number of aryl methyl sites for hydroxylation is 1. The van der Waals surface area contributed by atoms with Crippen molar-refractivity contribution in [2.24, 2.45) is 7.05 Å². The highest BCUT2D eigenvalue weighted by molar-refractivity contribution is 5.84. The minimum absolute atomic E-state index is 0.150. The van der Waals surface area contributed by atoms with Crippen molar-refractivity contribution in [1.82, 2.24) is 14.9 Å². The van der Waals surface area contributed by atoms with Gasteiger partial charge in [-0.2, -0.15) is 4.98 Å². The van der Waals surface area contributed by atoms with Crippen molar-refractivity contribution in [3.8, 4) is 6.01 Å². The Morgan fingerprint density at radius 3 is 3.00 bits per heavy atom. The maximum Gasteiger partial charge on any atom is 0.297 e. The third-order valence-corrected chi connectivity index (χ3v) is 3.29. The molecule has 0 radical (unpaired) electrons. The number of allylic oxidation sites excluding steroid dienone is 1. The Morgan fingerprint density at radius 2 is 2.26 bits per heavy atom. The molecule has 1 fully saturated rings. The van der Waals surface area contributed by atoms with E-state index in [1.807, 2.05) is 35.9 Å². The minimum atomic E-state index is -0.499. The van der Waals surface area contributed by atoms with Crippen LogP contribution < -0.4 is 10.1 Å². The van der Waals surface area contributed by atoms with Crippen LogP contribution in [0.2, 0.25) is 0 Å². The summed E-state index contributed by atoms with van der Waals surface area (Å²) in [4.78, 5) is 16.2. The molecule has 1 saturated heterocycles. The monoisotopic (exact) mass is 257 g/mol. The van der Waals surface area contributed by atoms with Gasteiger partial charge in [-0.1, -0.05) is 18.7 Å². The molecule has 0 spiro atoms. The van der Waals surface area contributed by atoms with Crippen LogP contribution in [0.4, 0.5) is 0 Å². The molecular weight excluding hydrogens is 242 g/mol. The molecule has 1 N–H and O–H groups in total. The predicted molar refractivity (Wildman–Crippen MR) is 71.6 cm³/mol. The van der Waals surface area contributed by atoms with Gasteiger partial charge >= 0.3 is 0 Å². The summed E-state index contributed by atoms with van der Waals surface area (Å²) in [5, 5.41) is 2.71. The van der Waals surface area contributed by atoms with E-state index < -0.39 is 6.10 Å². The number of fused-ring (bicyclic) bond motifs is 1. The third kappa shape index (κ3) is 2.07. The molecule has 1 amide bonds. The molecule has 1 aliphatic rings. The van der Waals surface area contributed by atoms with Gasteiger partial charge in [-0.05, 0) is 25.0 Å². The number of piperidine rings is 1. The van der Waals surface area contributed by atoms with E-state index in [1.54, 1.807) is 0 Å². The molecule has 2 heterocycles. The molecular formula is C14H15N3O2. The van der Waals surface area contributed by atoms with Crippen molar-refractivity contribution in [2.45, 2.75) is 18.9 Å². The highest BCUT2D eigenvalue weighted by atomic mass is 16.5. The fourth-order valence-corrected chi connectivity index (χ4v) is 2.22. The summed E-state index contributed by atoms with van der Waals surface area (Å²) in [6, 6.07) is 8.23. The van der Waals surface area contributed by atoms with Crippen molar-refractivity contribution in [3.05, 3.63) is 36.5 Å². The molecule has 0 saturated carbocycles. The van der Waals surface area contributed by atoms with E-state index in [-0.39, 0.29) is 5.91 Å². The highest BCUT2D eigenvalue weighted by Crippen LogP contribution is 2.22. The standard InChI is InChI=1S/C14H15N3O2/c1-9-7-8-12(13(18)15-9)19-14-16-10-5-3-4-6-11(10)17(14)2/h3-6,12H,1,7-8H2,2H3,(H,15,18). The van der Waals surface area contributed by atoms with Gasteiger partial charge in [0.2, 0.25) is 0 Å². The van der Waals surface area contributed by atoms with Gasteiger partial charge in [0, 0.05) is 12.7 Å². The number of hydrogen-bond donors (Lipinski definition) is 1. The highest BCUT2D eigenvalue weighted by Gasteiger charge is 2.27. The summed E-state index contributed by atoms with van der Waals surface area (Å²) in [5.74, 6) is -0.150. The molecule has 1 unspecified atom stereocenters. The minimum Gasteiger partial charge on any atom is -0.451 e. The number of nitrogens with zero attached hydrogens (tertiary/aromatic N) is 2. The van der Waals surface area contributed by atoms with Crippen molar-refractivity contribution in [3.63, 3.8) is 0 Å². The quantitative estimate of drug-likeness (QED) is 0.891. The van der Waals surface area contributed by atoms with Crippen molar-refractivity contribution in [1.29, 1.82) is 0 Å². The molecule has 1 aliphatic heterocycles. The Bertz CT molecular complexity index is 660. The fourth-order valence-electron chi connectivity index (χ4n) is 2.22. The van der Waals surface area contributed by atoms with E-state index in [0.29, 0.717) is 12.4 Å². The maximum atomic E-state index is 11.8. The molecule has 0 aliphatic carbocycles. The van der Waals surface area contributed by atoms with Crippen LogP contribution in [0.3, 0.4) is 0 Å². The number of hydrogen-bond acceptors (Lipinski definition) is 3. The number of rotatable bonds is 2. The lowest BCUT2D eigenvalue weighted by molar-refractivity contribution is -0.129. The van der Waals surface area contributed by atoms with E-state index >= 15 is 0 Å². The number of carbonyl (C=O) groups excluding carboxylic acids is 1. The first-order valence-electron chi connectivity index (χ1n) is 6.22. The normalized spacial score (nSPS) is 19.5. The summed E-state index contributed by atoms with van der Waals surface area (Å²) in [6.45, 7) is 3.75. The summed E-state index contributed by atoms with van der Waals surface area (Å²) < 4.78 is 7.58. The average Bonchev–Trinajstić information content (AvgIpc) is 2.70. The number of para-hydroxylation sites is 2. The second kappa shape index (κ2) is 4.42. The second-order valence-electron chi connectivity index (χ2n) is 4.68. The first kappa shape index (κ1) is 11.8. The largest absolute Gasteiger partial charge is 0.451 e. The van der Waals surface area contributed by atoms with Crippen LogP contribution in [0.1, 0.15) is 12.8 Å². The van der Waals surface area contributed by atoms with Crippen LogP contribution in [-0.2, 0) is 11.8 Å². The molecule has 3 rings (SSSR count). The van der Waals surface area contributed by atoms with Crippen molar-refractivity contribution >= 4 is 16.9 Å². The van der Waals surface area contributed by atoms with Gasteiger partial charge in [0.15, 0.2) is 6.10 Å². The van der Waals surface area contributed by atoms with Crippen molar-refractivity contribution < 1.29 is 9.53 Å². The zero-order valence-electron chi connectivity index (χ0n) is 10.7. The molecule has 5 heteroatoms. The molecule has 1 aromatic heterocycles. The third-order valence-electron chi connectivity index (χ3n) is 3.29. The van der Waals surface area contributed by atoms with E-state index in [2.05, 4.69) is 16.9 Å². The molecule has 19 heavy (non-hydrogen) atoms. The summed E-state index contributed by atoms with van der Waals surface area (Å²) >= 11 is 0. The van der Waals surface area contributed by atoms with E-state index in [1.165, 1.54) is 0 Å². The first-order chi connectivity index (χ1) is 9.15. The molecule has 0 bridgehead atoms. The Kier molecular flexibility index (Phi) is 2.74. The lowest BCUT2D eigenvalue weighted by Gasteiger charge is -2.23. The van der Waals surface area contributed by atoms with Gasteiger partial charge in [-0.3, -0.25) is 9.36 Å². The van der Waals surface area contributed by atoms with Crippen LogP contribution in [0.25, 0.3) is 11.0 Å². The lowest BCUT2D eigenvalue weighted by atomic mass is 10.1. The predicted octanol–water partition coefficient (Wildman–Crippen LogP) is 1.74. The molecule has 1 atom stereocenters. The number of amides is 1. The SMILES string of the molecule is C=C1CCC(Oc2nc3ccccc3n2C)C(=O)N1. The number of ether oxygens (including phenoxy) is 1. The van der Waals surface area contributed by atoms with Gasteiger partial charge in [0.1, 0.15) is 0 Å². The number of carbonyl (C=O) groups is 1. The molecule has 5 nitrogen and oxygen atoms in total. The van der Waals surface area contributed by atoms with Crippen LogP contribution >= 0.6 is 0 Å². The summed E-state index contributed by atoms with van der Waals surface area (Å²) in [5.41, 5.74) is 2.59. The van der Waals surface area contributed by atoms with Gasteiger partial charge in [0.25, 0.3) is 11.9 Å². The maximum absolute atomic E-state index is 11.8. The summed E-state index contributed by atoms with van der Waals surface area (Å²) in [7, 11) is 1.88. The summed E-state index contributed by atoms with van der Waals surface area (Å²) in [6.07, 6.45) is 0.870. The number of imidazole rings is 1. The molecule has 98 valence electrons. The number of nitrogens with one attached hydrogen (secondary N) is 1. The van der Waals surface area contributed by atoms with Crippen LogP contribution in [0, 0.1) is 0 Å². The van der Waals surface area contributed by atoms with Crippen LogP contribution in [0.5, 0.6) is 6.01 Å². The van der Waals surface area contributed by atoms with E-state index in [9.17, 15) is 4.79 Å². The lowest BCUT2D eigenvalue weighted by Crippen LogP contribution is -2.42. The topological polar surface area (TPSA) is 56.2 Å². The Morgan fingerprint density at radius 1 is 1.47 bits per heavy atom. The Balaban J connectivity index is 1.87. The Hall–Kier alpha value is -2.30. The number of aromatic nitrogens is 2. The van der Waals surface area contributed by atoms with Gasteiger partial charge in [0.05, 0.1) is 11.0 Å². The average molecular weight is 257 g/mol. The van der Waals surface area contributed by atoms with E-state index in [4.69, 9.17) is 4.74 Å². The van der Waals surface area contributed by atoms with Gasteiger partial charge < -0.3 is 10.1 Å². The zero-order valence-corrected chi connectivity index (χ0v) is 10.7.